The minimum absolute atomic E-state index is 0.0653. The minimum Gasteiger partial charge on any atom is -0.325 e. The summed E-state index contributed by atoms with van der Waals surface area (Å²) in [6.07, 6.45) is 6.35. The Labute approximate surface area is 144 Å². The number of nitrogens with zero attached hydrogens (tertiary/aromatic N) is 1. The molecule has 126 valence electrons. The standard InChI is InChI=1S/C21H26N2O/c1-23(20-10-6-3-7-11-20)16-21(24)22-19-14-12-18(13-15-19)17-8-4-2-5-9-17/h2,4-5,8-9,12-15,20H,3,6-7,10-11,16H2,1H3,(H,22,24). The summed E-state index contributed by atoms with van der Waals surface area (Å²) in [5.74, 6) is 0.0653. The predicted molar refractivity (Wildman–Crippen MR) is 100 cm³/mol. The van der Waals surface area contributed by atoms with Gasteiger partial charge in [-0.25, -0.2) is 0 Å². The zero-order valence-electron chi connectivity index (χ0n) is 14.4. The minimum atomic E-state index is 0.0653. The van der Waals surface area contributed by atoms with Crippen LogP contribution in [0.15, 0.2) is 54.6 Å². The predicted octanol–water partition coefficient (Wildman–Crippen LogP) is 4.56. The van der Waals surface area contributed by atoms with Gasteiger partial charge in [0.1, 0.15) is 0 Å². The summed E-state index contributed by atoms with van der Waals surface area (Å²) in [7, 11) is 2.06. The third-order valence-corrected chi connectivity index (χ3v) is 4.87. The van der Waals surface area contributed by atoms with Crippen molar-refractivity contribution in [2.75, 3.05) is 18.9 Å². The van der Waals surface area contributed by atoms with Crippen LogP contribution in [0.1, 0.15) is 32.1 Å². The lowest BCUT2D eigenvalue weighted by Crippen LogP contribution is -2.39. The van der Waals surface area contributed by atoms with Crippen LogP contribution < -0.4 is 5.32 Å². The highest BCUT2D eigenvalue weighted by atomic mass is 16.2. The lowest BCUT2D eigenvalue weighted by molar-refractivity contribution is -0.117. The maximum atomic E-state index is 12.3. The van der Waals surface area contributed by atoms with Gasteiger partial charge in [0.15, 0.2) is 0 Å². The summed E-state index contributed by atoms with van der Waals surface area (Å²) in [5, 5.41) is 3.01. The first-order valence-corrected chi connectivity index (χ1v) is 8.88. The average Bonchev–Trinajstić information content (AvgIpc) is 2.64. The quantitative estimate of drug-likeness (QED) is 0.875. The van der Waals surface area contributed by atoms with E-state index in [0.29, 0.717) is 12.6 Å². The molecule has 1 N–H and O–H groups in total. The molecular weight excluding hydrogens is 296 g/mol. The zero-order valence-corrected chi connectivity index (χ0v) is 14.4. The highest BCUT2D eigenvalue weighted by molar-refractivity contribution is 5.92. The van der Waals surface area contributed by atoms with E-state index in [0.717, 1.165) is 11.3 Å². The Morgan fingerprint density at radius 1 is 0.958 bits per heavy atom. The second-order valence-electron chi connectivity index (χ2n) is 6.70. The molecule has 0 radical (unpaired) electrons. The summed E-state index contributed by atoms with van der Waals surface area (Å²) >= 11 is 0. The molecule has 0 aromatic heterocycles. The largest absolute Gasteiger partial charge is 0.325 e. The Morgan fingerprint density at radius 3 is 2.25 bits per heavy atom. The Morgan fingerprint density at radius 2 is 1.58 bits per heavy atom. The van der Waals surface area contributed by atoms with E-state index >= 15 is 0 Å². The van der Waals surface area contributed by atoms with Crippen molar-refractivity contribution in [3.8, 4) is 11.1 Å². The first kappa shape index (κ1) is 16.7. The summed E-state index contributed by atoms with van der Waals surface area (Å²) < 4.78 is 0. The number of nitrogens with one attached hydrogen (secondary N) is 1. The Bertz CT molecular complexity index is 645. The zero-order chi connectivity index (χ0) is 16.8. The molecule has 0 saturated heterocycles. The molecule has 1 fully saturated rings. The Hall–Kier alpha value is -2.13. The first-order valence-electron chi connectivity index (χ1n) is 8.88. The van der Waals surface area contributed by atoms with Crippen molar-refractivity contribution in [3.05, 3.63) is 54.6 Å². The number of rotatable bonds is 5. The van der Waals surface area contributed by atoms with E-state index in [1.54, 1.807) is 0 Å². The van der Waals surface area contributed by atoms with Crippen LogP contribution in [0.3, 0.4) is 0 Å². The van der Waals surface area contributed by atoms with Gasteiger partial charge in [0.05, 0.1) is 6.54 Å². The number of amides is 1. The van der Waals surface area contributed by atoms with E-state index in [1.165, 1.54) is 37.7 Å². The van der Waals surface area contributed by atoms with Crippen molar-refractivity contribution in [1.82, 2.24) is 4.90 Å². The molecule has 2 aromatic carbocycles. The number of anilines is 1. The van der Waals surface area contributed by atoms with E-state index in [9.17, 15) is 4.79 Å². The van der Waals surface area contributed by atoms with Crippen LogP contribution in [0.25, 0.3) is 11.1 Å². The topological polar surface area (TPSA) is 32.3 Å². The molecule has 1 aliphatic carbocycles. The maximum Gasteiger partial charge on any atom is 0.238 e. The number of carbonyl (C=O) groups excluding carboxylic acids is 1. The van der Waals surface area contributed by atoms with E-state index < -0.39 is 0 Å². The number of hydrogen-bond donors (Lipinski definition) is 1. The van der Waals surface area contributed by atoms with Gasteiger partial charge in [-0.1, -0.05) is 61.7 Å². The summed E-state index contributed by atoms with van der Waals surface area (Å²) in [6.45, 7) is 0.463. The number of likely N-dealkylation sites (N-methyl/N-ethyl adjacent to an activating group) is 1. The van der Waals surface area contributed by atoms with Crippen LogP contribution in [0, 0.1) is 0 Å². The van der Waals surface area contributed by atoms with Crippen LogP contribution in [0.4, 0.5) is 5.69 Å². The van der Waals surface area contributed by atoms with Crippen LogP contribution in [-0.4, -0.2) is 30.4 Å². The first-order chi connectivity index (χ1) is 11.7. The smallest absolute Gasteiger partial charge is 0.238 e. The lowest BCUT2D eigenvalue weighted by Gasteiger charge is -2.30. The monoisotopic (exact) mass is 322 g/mol. The lowest BCUT2D eigenvalue weighted by atomic mass is 9.94. The van der Waals surface area contributed by atoms with Gasteiger partial charge in [-0.05, 0) is 43.1 Å². The van der Waals surface area contributed by atoms with E-state index in [-0.39, 0.29) is 5.91 Å². The fraction of sp³-hybridized carbons (Fsp3) is 0.381. The van der Waals surface area contributed by atoms with Gasteiger partial charge in [-0.15, -0.1) is 0 Å². The molecule has 0 unspecified atom stereocenters. The van der Waals surface area contributed by atoms with Crippen LogP contribution in [0.2, 0.25) is 0 Å². The van der Waals surface area contributed by atoms with Crippen molar-refractivity contribution in [1.29, 1.82) is 0 Å². The number of benzene rings is 2. The van der Waals surface area contributed by atoms with Crippen molar-refractivity contribution < 1.29 is 4.79 Å². The SMILES string of the molecule is CN(CC(=O)Nc1ccc(-c2ccccc2)cc1)C1CCCCC1. The molecule has 1 amide bonds. The van der Waals surface area contributed by atoms with Crippen LogP contribution in [0.5, 0.6) is 0 Å². The number of carbonyl (C=O) groups is 1. The molecule has 0 atom stereocenters. The molecule has 0 spiro atoms. The van der Waals surface area contributed by atoms with Gasteiger partial charge in [0, 0.05) is 11.7 Å². The van der Waals surface area contributed by atoms with Crippen LogP contribution >= 0.6 is 0 Å². The fourth-order valence-electron chi connectivity index (χ4n) is 3.45. The molecule has 3 rings (SSSR count). The maximum absolute atomic E-state index is 12.3. The van der Waals surface area contributed by atoms with Crippen molar-refractivity contribution in [2.24, 2.45) is 0 Å². The van der Waals surface area contributed by atoms with Crippen molar-refractivity contribution in [2.45, 2.75) is 38.1 Å². The molecule has 3 heteroatoms. The Balaban J connectivity index is 1.54. The second-order valence-corrected chi connectivity index (χ2v) is 6.70. The Kier molecular flexibility index (Phi) is 5.65. The third-order valence-electron chi connectivity index (χ3n) is 4.87. The van der Waals surface area contributed by atoms with E-state index in [2.05, 4.69) is 41.5 Å². The van der Waals surface area contributed by atoms with E-state index in [4.69, 9.17) is 0 Å². The second kappa shape index (κ2) is 8.11. The summed E-state index contributed by atoms with van der Waals surface area (Å²) in [5.41, 5.74) is 3.21. The van der Waals surface area contributed by atoms with Gasteiger partial charge in [-0.2, -0.15) is 0 Å². The fourth-order valence-corrected chi connectivity index (χ4v) is 3.45. The molecule has 0 aliphatic heterocycles. The molecular formula is C21H26N2O. The van der Waals surface area contributed by atoms with Gasteiger partial charge < -0.3 is 5.32 Å². The van der Waals surface area contributed by atoms with Gasteiger partial charge >= 0.3 is 0 Å². The van der Waals surface area contributed by atoms with Crippen molar-refractivity contribution >= 4 is 11.6 Å². The molecule has 0 bridgehead atoms. The summed E-state index contributed by atoms with van der Waals surface area (Å²) in [4.78, 5) is 14.5. The van der Waals surface area contributed by atoms with Gasteiger partial charge in [0.2, 0.25) is 5.91 Å². The molecule has 2 aromatic rings. The van der Waals surface area contributed by atoms with Crippen LogP contribution in [-0.2, 0) is 4.79 Å². The summed E-state index contributed by atoms with van der Waals surface area (Å²) in [6, 6.07) is 18.9. The molecule has 24 heavy (non-hydrogen) atoms. The highest BCUT2D eigenvalue weighted by Gasteiger charge is 2.19. The normalized spacial score (nSPS) is 15.4. The highest BCUT2D eigenvalue weighted by Crippen LogP contribution is 2.22. The third kappa shape index (κ3) is 4.45. The molecule has 3 nitrogen and oxygen atoms in total. The van der Waals surface area contributed by atoms with Gasteiger partial charge in [0.25, 0.3) is 0 Å². The van der Waals surface area contributed by atoms with Crippen molar-refractivity contribution in [3.63, 3.8) is 0 Å². The molecule has 0 heterocycles. The number of hydrogen-bond acceptors (Lipinski definition) is 2. The molecule has 1 saturated carbocycles. The molecule has 1 aliphatic rings. The van der Waals surface area contributed by atoms with Gasteiger partial charge in [-0.3, -0.25) is 9.69 Å². The average molecular weight is 322 g/mol. The van der Waals surface area contributed by atoms with E-state index in [1.807, 2.05) is 30.3 Å².